The van der Waals surface area contributed by atoms with Gasteiger partial charge in [0.05, 0.1) is 18.8 Å². The van der Waals surface area contributed by atoms with E-state index in [-0.39, 0.29) is 12.5 Å². The van der Waals surface area contributed by atoms with Crippen LogP contribution < -0.4 is 11.1 Å². The summed E-state index contributed by atoms with van der Waals surface area (Å²) in [7, 11) is 1.90. The Morgan fingerprint density at radius 1 is 1.16 bits per heavy atom. The molecule has 0 unspecified atom stereocenters. The van der Waals surface area contributed by atoms with Crippen molar-refractivity contribution >= 4 is 17.7 Å². The molecule has 32 heavy (non-hydrogen) atoms. The number of aryl methyl sites for hydroxylation is 1. The molecule has 0 spiro atoms. The zero-order valence-electron chi connectivity index (χ0n) is 19.0. The minimum Gasteiger partial charge on any atom is -0.374 e. The van der Waals surface area contributed by atoms with E-state index in [1.807, 2.05) is 54.1 Å². The van der Waals surface area contributed by atoms with Crippen LogP contribution in [0, 0.1) is 6.92 Å². The van der Waals surface area contributed by atoms with Crippen molar-refractivity contribution in [2.24, 2.45) is 12.8 Å². The van der Waals surface area contributed by atoms with Gasteiger partial charge in [-0.3, -0.25) is 4.79 Å². The lowest BCUT2D eigenvalue weighted by Crippen LogP contribution is -2.51. The zero-order chi connectivity index (χ0) is 23.1. The van der Waals surface area contributed by atoms with Gasteiger partial charge in [0.2, 0.25) is 5.91 Å². The highest BCUT2D eigenvalue weighted by Crippen LogP contribution is 2.25. The summed E-state index contributed by atoms with van der Waals surface area (Å²) in [6.45, 7) is 6.13. The van der Waals surface area contributed by atoms with E-state index in [0.29, 0.717) is 12.4 Å². The molecule has 7 nitrogen and oxygen atoms in total. The summed E-state index contributed by atoms with van der Waals surface area (Å²) < 4.78 is 7.82. The first-order valence-electron chi connectivity index (χ1n) is 10.5. The molecule has 3 aromatic rings. The number of nitrogens with zero attached hydrogens (tertiary/aromatic N) is 3. The Hall–Kier alpha value is -2.68. The third kappa shape index (κ3) is 6.41. The minimum atomic E-state index is -1.02. The Balaban J connectivity index is 1.72. The Morgan fingerprint density at radius 2 is 1.84 bits per heavy atom. The summed E-state index contributed by atoms with van der Waals surface area (Å²) in [6.07, 6.45) is 0. The van der Waals surface area contributed by atoms with Crippen LogP contribution in [-0.4, -0.2) is 32.8 Å². The molecule has 3 rings (SSSR count). The summed E-state index contributed by atoms with van der Waals surface area (Å²) in [5.41, 5.74) is 8.53. The molecule has 0 bridgehead atoms. The lowest BCUT2D eigenvalue weighted by Gasteiger charge is -2.24. The summed E-state index contributed by atoms with van der Waals surface area (Å²) in [5.74, 6) is 1.14. The Kier molecular flexibility index (Phi) is 8.06. The van der Waals surface area contributed by atoms with E-state index in [0.717, 1.165) is 16.5 Å². The van der Waals surface area contributed by atoms with Crippen molar-refractivity contribution in [3.8, 4) is 0 Å². The van der Waals surface area contributed by atoms with Crippen LogP contribution >= 0.6 is 11.8 Å². The highest BCUT2D eigenvalue weighted by molar-refractivity contribution is 7.98. The van der Waals surface area contributed by atoms with Crippen LogP contribution in [0.1, 0.15) is 42.4 Å². The molecule has 2 aromatic carbocycles. The maximum atomic E-state index is 12.6. The minimum absolute atomic E-state index is 0.255. The molecule has 0 aliphatic heterocycles. The van der Waals surface area contributed by atoms with Crippen LogP contribution in [0.3, 0.4) is 0 Å². The van der Waals surface area contributed by atoms with Crippen molar-refractivity contribution in [1.29, 1.82) is 0 Å². The van der Waals surface area contributed by atoms with E-state index in [1.165, 1.54) is 11.1 Å². The second-order valence-corrected chi connectivity index (χ2v) is 9.31. The maximum Gasteiger partial charge on any atom is 0.240 e. The van der Waals surface area contributed by atoms with Crippen LogP contribution in [0.25, 0.3) is 0 Å². The molecule has 0 fully saturated rings. The van der Waals surface area contributed by atoms with Gasteiger partial charge < -0.3 is 20.4 Å². The molecule has 0 radical (unpaired) electrons. The van der Waals surface area contributed by atoms with E-state index in [9.17, 15) is 4.79 Å². The smallest absolute Gasteiger partial charge is 0.240 e. The van der Waals surface area contributed by atoms with Gasteiger partial charge in [0.1, 0.15) is 6.04 Å². The van der Waals surface area contributed by atoms with Gasteiger partial charge >= 0.3 is 0 Å². The largest absolute Gasteiger partial charge is 0.374 e. The number of hydrogen-bond donors (Lipinski definition) is 2. The van der Waals surface area contributed by atoms with Crippen molar-refractivity contribution in [2.75, 3.05) is 6.61 Å². The maximum absolute atomic E-state index is 12.6. The van der Waals surface area contributed by atoms with E-state index < -0.39 is 11.6 Å². The molecule has 0 saturated heterocycles. The van der Waals surface area contributed by atoms with Crippen molar-refractivity contribution in [3.63, 3.8) is 0 Å². The van der Waals surface area contributed by atoms with Gasteiger partial charge in [-0.1, -0.05) is 66.4 Å². The second-order valence-electron chi connectivity index (χ2n) is 8.36. The van der Waals surface area contributed by atoms with E-state index >= 15 is 0 Å². The first kappa shape index (κ1) is 24.0. The summed E-state index contributed by atoms with van der Waals surface area (Å²) in [5, 5.41) is 12.5. The van der Waals surface area contributed by atoms with Crippen LogP contribution in [0.4, 0.5) is 0 Å². The molecule has 1 atom stereocenters. The van der Waals surface area contributed by atoms with Crippen LogP contribution in [-0.2, 0) is 28.9 Å². The lowest BCUT2D eigenvalue weighted by atomic mass is 10.1. The molecule has 0 saturated carbocycles. The predicted octanol–water partition coefficient (Wildman–Crippen LogP) is 3.53. The van der Waals surface area contributed by atoms with Crippen molar-refractivity contribution in [1.82, 2.24) is 20.1 Å². The molecular weight excluding hydrogens is 422 g/mol. The molecule has 0 aliphatic rings. The fourth-order valence-corrected chi connectivity index (χ4v) is 4.06. The first-order valence-corrected chi connectivity index (χ1v) is 11.5. The molecule has 0 aliphatic carbocycles. The molecule has 1 heterocycles. The standard InChI is InChI=1S/C24H31N5O2S/c1-17-10-8-9-13-19(17)16-32-23-28-27-21(29(23)4)20(26-22(30)24(2,3)25)15-31-14-18-11-6-5-7-12-18/h5-13,20H,14-16,25H2,1-4H3,(H,26,30)/t20-/m1/s1. The van der Waals surface area contributed by atoms with Gasteiger partial charge in [0.25, 0.3) is 0 Å². The quantitative estimate of drug-likeness (QED) is 0.456. The molecule has 3 N–H and O–H groups in total. The van der Waals surface area contributed by atoms with Gasteiger partial charge in [-0.05, 0) is 37.5 Å². The monoisotopic (exact) mass is 453 g/mol. The lowest BCUT2D eigenvalue weighted by molar-refractivity contribution is -0.126. The number of thioether (sulfide) groups is 1. The summed E-state index contributed by atoms with van der Waals surface area (Å²) in [4.78, 5) is 12.6. The van der Waals surface area contributed by atoms with E-state index in [4.69, 9.17) is 10.5 Å². The number of carbonyl (C=O) groups is 1. The van der Waals surface area contributed by atoms with E-state index in [2.05, 4.69) is 34.6 Å². The number of nitrogens with two attached hydrogens (primary N) is 1. The van der Waals surface area contributed by atoms with Crippen molar-refractivity contribution in [2.45, 2.75) is 49.9 Å². The first-order chi connectivity index (χ1) is 15.3. The molecule has 8 heteroatoms. The van der Waals surface area contributed by atoms with Crippen molar-refractivity contribution in [3.05, 3.63) is 77.1 Å². The Morgan fingerprint density at radius 3 is 2.53 bits per heavy atom. The van der Waals surface area contributed by atoms with E-state index in [1.54, 1.807) is 25.6 Å². The number of benzene rings is 2. The zero-order valence-corrected chi connectivity index (χ0v) is 19.9. The number of ether oxygens (including phenoxy) is 1. The number of amides is 1. The van der Waals surface area contributed by atoms with Gasteiger partial charge in [0.15, 0.2) is 11.0 Å². The average molecular weight is 454 g/mol. The van der Waals surface area contributed by atoms with Gasteiger partial charge in [-0.2, -0.15) is 0 Å². The molecule has 170 valence electrons. The van der Waals surface area contributed by atoms with Crippen LogP contribution in [0.15, 0.2) is 59.8 Å². The summed E-state index contributed by atoms with van der Waals surface area (Å²) >= 11 is 1.61. The number of aromatic nitrogens is 3. The Bertz CT molecular complexity index is 1030. The fourth-order valence-electron chi connectivity index (χ4n) is 3.06. The topological polar surface area (TPSA) is 95.1 Å². The SMILES string of the molecule is Cc1ccccc1CSc1nnc([C@@H](COCc2ccccc2)NC(=O)C(C)(C)N)n1C. The number of hydrogen-bond acceptors (Lipinski definition) is 6. The third-order valence-electron chi connectivity index (χ3n) is 5.08. The fraction of sp³-hybridized carbons (Fsp3) is 0.375. The highest BCUT2D eigenvalue weighted by atomic mass is 32.2. The molecule has 1 aromatic heterocycles. The van der Waals surface area contributed by atoms with Gasteiger partial charge in [-0.15, -0.1) is 10.2 Å². The van der Waals surface area contributed by atoms with Gasteiger partial charge in [0, 0.05) is 12.8 Å². The van der Waals surface area contributed by atoms with Crippen LogP contribution in [0.5, 0.6) is 0 Å². The van der Waals surface area contributed by atoms with Crippen molar-refractivity contribution < 1.29 is 9.53 Å². The summed E-state index contributed by atoms with van der Waals surface area (Å²) in [6, 6.07) is 17.7. The normalized spacial score (nSPS) is 12.5. The second kappa shape index (κ2) is 10.8. The highest BCUT2D eigenvalue weighted by Gasteiger charge is 2.28. The Labute approximate surface area is 193 Å². The molecular formula is C24H31N5O2S. The average Bonchev–Trinajstić information content (AvgIpc) is 3.12. The number of carbonyl (C=O) groups excluding carboxylic acids is 1. The third-order valence-corrected chi connectivity index (χ3v) is 6.15. The number of rotatable bonds is 10. The van der Waals surface area contributed by atoms with Gasteiger partial charge in [-0.25, -0.2) is 0 Å². The van der Waals surface area contributed by atoms with Crippen LogP contribution in [0.2, 0.25) is 0 Å². The molecule has 1 amide bonds. The number of nitrogens with one attached hydrogen (secondary N) is 1. The predicted molar refractivity (Wildman–Crippen MR) is 127 cm³/mol.